The van der Waals surface area contributed by atoms with Crippen molar-refractivity contribution in [3.05, 3.63) is 133 Å². The molecule has 360 valence electrons. The van der Waals surface area contributed by atoms with Crippen LogP contribution in [0.25, 0.3) is 38.1 Å². The summed E-state index contributed by atoms with van der Waals surface area (Å²) >= 11 is 7.52. The van der Waals surface area contributed by atoms with Gasteiger partial charge in [0.2, 0.25) is 5.91 Å². The van der Waals surface area contributed by atoms with Gasteiger partial charge in [-0.05, 0) is 76.6 Å². The lowest BCUT2D eigenvalue weighted by atomic mass is 9.99. The first-order valence-corrected chi connectivity index (χ1v) is 23.5. The van der Waals surface area contributed by atoms with Gasteiger partial charge in [0.15, 0.2) is 5.82 Å². The van der Waals surface area contributed by atoms with Crippen molar-refractivity contribution in [2.45, 2.75) is 59.7 Å². The zero-order valence-electron chi connectivity index (χ0n) is 39.3. The van der Waals surface area contributed by atoms with Crippen LogP contribution in [0.5, 0.6) is 5.75 Å². The Bertz CT molecular complexity index is 3390. The molecule has 0 spiro atoms. The van der Waals surface area contributed by atoms with Gasteiger partial charge in [0.25, 0.3) is 5.91 Å². The zero-order valence-corrected chi connectivity index (χ0v) is 40.9. The van der Waals surface area contributed by atoms with Gasteiger partial charge in [-0.15, -0.1) is 21.5 Å². The Balaban J connectivity index is 0.880. The lowest BCUT2D eigenvalue weighted by molar-refractivity contribution is -0.141. The molecule has 0 radical (unpaired) electrons. The number of pyridine rings is 2. The zero-order chi connectivity index (χ0) is 49.4. The van der Waals surface area contributed by atoms with Crippen molar-refractivity contribution in [2.24, 2.45) is 4.99 Å². The van der Waals surface area contributed by atoms with E-state index in [1.54, 1.807) is 43.1 Å². The van der Waals surface area contributed by atoms with Crippen molar-refractivity contribution in [1.29, 1.82) is 0 Å². The Morgan fingerprint density at radius 3 is 2.43 bits per heavy atom. The molecule has 0 bridgehead atoms. The third-order valence-electron chi connectivity index (χ3n) is 12.2. The van der Waals surface area contributed by atoms with Crippen LogP contribution < -0.4 is 21.1 Å². The van der Waals surface area contributed by atoms with E-state index in [0.29, 0.717) is 88.2 Å². The number of aromatic nitrogens is 8. The van der Waals surface area contributed by atoms with Crippen molar-refractivity contribution in [2.75, 3.05) is 40.5 Å². The summed E-state index contributed by atoms with van der Waals surface area (Å²) in [4.78, 5) is 69.1. The van der Waals surface area contributed by atoms with Crippen LogP contribution in [-0.4, -0.2) is 103 Å². The number of nitrogens with one attached hydrogen (secondary N) is 2. The fourth-order valence-electron chi connectivity index (χ4n) is 8.83. The number of thiophene rings is 1. The third kappa shape index (κ3) is 8.84. The molecule has 2 atom stereocenters. The topological polar surface area (TPSA) is 225 Å². The summed E-state index contributed by atoms with van der Waals surface area (Å²) in [5.74, 6) is 1.00. The fraction of sp³-hybridized carbons (Fsp3) is 0.306. The number of halogens is 1. The Kier molecular flexibility index (Phi) is 13.5. The summed E-state index contributed by atoms with van der Waals surface area (Å²) in [6, 6.07) is 15.2. The van der Waals surface area contributed by atoms with Crippen molar-refractivity contribution in [1.82, 2.24) is 49.7 Å². The molecule has 0 aliphatic carbocycles. The Labute approximate surface area is 409 Å². The number of amides is 2. The molecular weight excluding hydrogens is 938 g/mol. The Morgan fingerprint density at radius 1 is 0.957 bits per heavy atom. The molecule has 70 heavy (non-hydrogen) atoms. The molecule has 0 saturated heterocycles. The number of methoxy groups -OCH3 is 2. The highest BCUT2D eigenvalue weighted by molar-refractivity contribution is 7.17. The lowest BCUT2D eigenvalue weighted by Gasteiger charge is -2.15. The average Bonchev–Trinajstić information content (AvgIpc) is 4.07. The summed E-state index contributed by atoms with van der Waals surface area (Å²) < 4.78 is 27.0. The number of ether oxygens (including phenoxy) is 3. The predicted octanol–water partition coefficient (Wildman–Crippen LogP) is 6.57. The number of aliphatic imine (C=N–C) groups is 1. The summed E-state index contributed by atoms with van der Waals surface area (Å²) in [5, 5.41) is 20.5. The number of hydrogen-bond donors (Lipinski definition) is 2. The SMILES string of the molecule is COC(=O)CC1N=C(c2ccc(Cl)cc2)c2c(sc(C(=O)NCCOCCNC(=O)Cn3c(=O)n([C@H](C)c4ccccn4)c4c5cc(OC)c(-c6c(C)noc6C)cc5ncc43)c2C)-n2c(C)nnc21. The van der Waals surface area contributed by atoms with E-state index < -0.39 is 29.6 Å². The molecule has 9 rings (SSSR count). The summed E-state index contributed by atoms with van der Waals surface area (Å²) in [6.07, 6.45) is 3.21. The summed E-state index contributed by atoms with van der Waals surface area (Å²) in [5.41, 5.74) is 6.84. The molecule has 19 nitrogen and oxygen atoms in total. The van der Waals surface area contributed by atoms with E-state index in [1.807, 2.05) is 74.7 Å². The van der Waals surface area contributed by atoms with Crippen LogP contribution in [0.3, 0.4) is 0 Å². The van der Waals surface area contributed by atoms with Gasteiger partial charge in [0, 0.05) is 46.4 Å². The van der Waals surface area contributed by atoms with Crippen molar-refractivity contribution >= 4 is 68.4 Å². The molecule has 0 fully saturated rings. The highest BCUT2D eigenvalue weighted by Gasteiger charge is 2.34. The fourth-order valence-corrected chi connectivity index (χ4v) is 10.2. The number of imidazole rings is 1. The second-order valence-corrected chi connectivity index (χ2v) is 18.0. The van der Waals surface area contributed by atoms with Crippen LogP contribution in [0, 0.1) is 27.7 Å². The minimum absolute atomic E-state index is 0.0615. The average molecular weight is 987 g/mol. The maximum atomic E-state index is 14.4. The summed E-state index contributed by atoms with van der Waals surface area (Å²) in [7, 11) is 2.90. The van der Waals surface area contributed by atoms with E-state index in [-0.39, 0.29) is 45.2 Å². The van der Waals surface area contributed by atoms with E-state index in [0.717, 1.165) is 16.7 Å². The first-order valence-electron chi connectivity index (χ1n) is 22.3. The van der Waals surface area contributed by atoms with Crippen LogP contribution in [0.1, 0.15) is 80.6 Å². The molecule has 1 aliphatic heterocycles. The molecule has 6 aromatic heterocycles. The predicted molar refractivity (Wildman–Crippen MR) is 262 cm³/mol. The van der Waals surface area contributed by atoms with Crippen LogP contribution >= 0.6 is 22.9 Å². The van der Waals surface area contributed by atoms with E-state index in [4.69, 9.17) is 40.3 Å². The number of carbonyl (C=O) groups is 3. The number of aryl methyl sites for hydroxylation is 3. The van der Waals surface area contributed by atoms with E-state index in [9.17, 15) is 19.2 Å². The molecule has 2 N–H and O–H groups in total. The van der Waals surface area contributed by atoms with Gasteiger partial charge in [0.05, 0.1) is 90.2 Å². The number of esters is 1. The molecule has 7 heterocycles. The number of hydrogen-bond acceptors (Lipinski definition) is 15. The van der Waals surface area contributed by atoms with E-state index >= 15 is 0 Å². The highest BCUT2D eigenvalue weighted by atomic mass is 35.5. The van der Waals surface area contributed by atoms with Gasteiger partial charge >= 0.3 is 11.7 Å². The molecular formula is C49H48ClN11O8S. The lowest BCUT2D eigenvalue weighted by Crippen LogP contribution is -2.35. The van der Waals surface area contributed by atoms with Gasteiger partial charge in [0.1, 0.15) is 34.9 Å². The van der Waals surface area contributed by atoms with Gasteiger partial charge in [-0.2, -0.15) is 0 Å². The Hall–Kier alpha value is -7.55. The minimum Gasteiger partial charge on any atom is -0.496 e. The first-order chi connectivity index (χ1) is 33.8. The van der Waals surface area contributed by atoms with Crippen LogP contribution in [0.15, 0.2) is 81.3 Å². The second-order valence-electron chi connectivity index (χ2n) is 16.6. The number of rotatable bonds is 16. The minimum atomic E-state index is -0.701. The van der Waals surface area contributed by atoms with Crippen molar-refractivity contribution < 1.29 is 33.1 Å². The van der Waals surface area contributed by atoms with Crippen molar-refractivity contribution in [3.8, 4) is 21.9 Å². The van der Waals surface area contributed by atoms with Gasteiger partial charge in [-0.3, -0.25) is 43.0 Å². The molecule has 1 aliphatic rings. The monoisotopic (exact) mass is 985 g/mol. The van der Waals surface area contributed by atoms with Gasteiger partial charge in [-0.1, -0.05) is 35.0 Å². The van der Waals surface area contributed by atoms with Gasteiger partial charge in [-0.25, -0.2) is 4.79 Å². The van der Waals surface area contributed by atoms with Crippen LogP contribution in [0.2, 0.25) is 5.02 Å². The van der Waals surface area contributed by atoms with Crippen molar-refractivity contribution in [3.63, 3.8) is 0 Å². The molecule has 2 aromatic carbocycles. The maximum absolute atomic E-state index is 14.4. The number of fused-ring (bicyclic) bond motifs is 6. The third-order valence-corrected chi connectivity index (χ3v) is 13.8. The maximum Gasteiger partial charge on any atom is 0.330 e. The number of benzene rings is 2. The van der Waals surface area contributed by atoms with Gasteiger partial charge < -0.3 is 29.4 Å². The smallest absolute Gasteiger partial charge is 0.330 e. The standard InChI is InChI=1S/C49H48ClN11O8S/c1-25-41-43(30-11-13-31(50)14-12-30)55-36(22-40(63)67-7)46-57-56-29(5)61(46)48(41)70-45(25)47(64)53-17-19-68-18-16-52-39(62)24-59-37-23-54-35-20-33(42-26(2)58-69-28(42)4)38(66-6)21-32(35)44(37)60(49(59)65)27(3)34-10-8-9-15-51-34/h8-15,20-21,23,27,36H,16-19,22,24H2,1-7H3,(H,52,62)(H,53,64)/t27-,36?/m1/s1. The molecule has 0 saturated carbocycles. The Morgan fingerprint density at radius 2 is 1.73 bits per heavy atom. The molecule has 1 unspecified atom stereocenters. The quantitative estimate of drug-likeness (QED) is 0.0773. The highest BCUT2D eigenvalue weighted by Crippen LogP contribution is 2.41. The number of carbonyl (C=O) groups excluding carboxylic acids is 3. The largest absolute Gasteiger partial charge is 0.496 e. The number of nitrogens with zero attached hydrogens (tertiary/aromatic N) is 9. The molecule has 8 aromatic rings. The first kappa shape index (κ1) is 47.5. The van der Waals surface area contributed by atoms with E-state index in [1.165, 1.54) is 23.0 Å². The van der Waals surface area contributed by atoms with Crippen LogP contribution in [-0.2, 0) is 25.6 Å². The second kappa shape index (κ2) is 19.8. The van der Waals surface area contributed by atoms with Crippen LogP contribution in [0.4, 0.5) is 0 Å². The molecule has 21 heteroatoms. The summed E-state index contributed by atoms with van der Waals surface area (Å²) in [6.45, 7) is 9.58. The normalized spacial score (nSPS) is 13.7. The molecule has 2 amide bonds. The van der Waals surface area contributed by atoms with E-state index in [2.05, 4.69) is 31.0 Å².